The summed E-state index contributed by atoms with van der Waals surface area (Å²) >= 11 is 3.37. The van der Waals surface area contributed by atoms with Crippen molar-refractivity contribution in [2.75, 3.05) is 0 Å². The molecule has 1 aromatic heterocycles. The van der Waals surface area contributed by atoms with Crippen molar-refractivity contribution in [2.45, 2.75) is 135 Å². The minimum atomic E-state index is -1.70. The number of allylic oxidation sites excluding steroid dienone is 3. The summed E-state index contributed by atoms with van der Waals surface area (Å²) in [6.07, 6.45) is 14.4. The van der Waals surface area contributed by atoms with Crippen molar-refractivity contribution in [3.63, 3.8) is 0 Å². The zero-order valence-corrected chi connectivity index (χ0v) is 35.0. The number of ether oxygens (including phenoxy) is 3. The standard InChI is InChI=1S/C44H57BrN2O10/c1-6-25-21-44-38(50)33(41(54)57-44)37(49)43(7-2)26(12-10-8-9-11-18-42(44,5)22-28(25)40(52)53)14-15-27-29(43)16-13-23(3)36(27)56-32-20-31(48)34(24(4)55-32)47-39(51)35-30(45)17-19-46-35/h11,14-15,17-19,22-27,29,31-32,34,36,46,48-49H,6-10,12-13,16,20-21H2,1-5H3,(H,47,51)(H,52,53)/b18-11+,37-33?/t23-,24+,25-,26+,27-,29-,31+,32-,34+,36-,42-,43+,44+/m0/s1. The van der Waals surface area contributed by atoms with Crippen LogP contribution in [0.2, 0.25) is 0 Å². The van der Waals surface area contributed by atoms with Gasteiger partial charge >= 0.3 is 11.9 Å². The molecule has 310 valence electrons. The van der Waals surface area contributed by atoms with E-state index in [1.165, 1.54) is 0 Å². The van der Waals surface area contributed by atoms with Gasteiger partial charge in [-0.25, -0.2) is 9.59 Å². The molecule has 1 aromatic rings. The molecule has 2 aliphatic heterocycles. The van der Waals surface area contributed by atoms with E-state index in [4.69, 9.17) is 14.2 Å². The monoisotopic (exact) mass is 852 g/mol. The number of hydrogen-bond acceptors (Lipinski definition) is 9. The van der Waals surface area contributed by atoms with Crippen LogP contribution in [0.1, 0.15) is 109 Å². The van der Waals surface area contributed by atoms with Crippen LogP contribution in [0.4, 0.5) is 0 Å². The third-order valence-corrected chi connectivity index (χ3v) is 15.1. The van der Waals surface area contributed by atoms with Crippen LogP contribution < -0.4 is 5.32 Å². The largest absolute Gasteiger partial charge is 0.511 e. The Balaban J connectivity index is 1.22. The SMILES string of the molecule is CC[C@H]1C[C@]23OC(=O)C(=C(O)[C@]4(CC)[C@@H](C=C[C@@H]5[C@@H](O[C@H]6C[C@@H](O)[C@H](NC(=O)c7[nH]ccc7Br)[C@@H](C)O6)[C@@H](C)CC[C@@H]54)CCCC/C=C/[C@@]2(C)C=C1C(=O)O)C3=O. The fourth-order valence-corrected chi connectivity index (χ4v) is 11.7. The van der Waals surface area contributed by atoms with Crippen molar-refractivity contribution >= 4 is 39.6 Å². The van der Waals surface area contributed by atoms with Gasteiger partial charge in [0.05, 0.1) is 29.8 Å². The van der Waals surface area contributed by atoms with E-state index < -0.39 is 64.6 Å². The summed E-state index contributed by atoms with van der Waals surface area (Å²) in [7, 11) is 0. The van der Waals surface area contributed by atoms with Gasteiger partial charge in [-0.3, -0.25) is 9.59 Å². The second-order valence-corrected chi connectivity index (χ2v) is 18.3. The lowest BCUT2D eigenvalue weighted by Gasteiger charge is -2.55. The topological polar surface area (TPSA) is 184 Å². The van der Waals surface area contributed by atoms with E-state index >= 15 is 4.79 Å². The molecule has 0 aromatic carbocycles. The zero-order valence-electron chi connectivity index (χ0n) is 33.5. The Bertz CT molecular complexity index is 1890. The third kappa shape index (κ3) is 6.87. The average molecular weight is 854 g/mol. The Labute approximate surface area is 342 Å². The Morgan fingerprint density at radius 1 is 1.12 bits per heavy atom. The van der Waals surface area contributed by atoms with Crippen LogP contribution in [0.3, 0.4) is 0 Å². The molecule has 57 heavy (non-hydrogen) atoms. The summed E-state index contributed by atoms with van der Waals surface area (Å²) < 4.78 is 20.0. The summed E-state index contributed by atoms with van der Waals surface area (Å²) in [5.74, 6) is -4.15. The number of esters is 1. The van der Waals surface area contributed by atoms with E-state index in [1.807, 2.05) is 26.0 Å². The number of carbonyl (C=O) groups excluding carboxylic acids is 3. The number of aliphatic hydroxyl groups excluding tert-OH is 2. The minimum Gasteiger partial charge on any atom is -0.511 e. The molecule has 7 rings (SSSR count). The summed E-state index contributed by atoms with van der Waals surface area (Å²) in [5.41, 5.74) is -3.71. The highest BCUT2D eigenvalue weighted by molar-refractivity contribution is 9.10. The lowest BCUT2D eigenvalue weighted by atomic mass is 9.50. The zero-order chi connectivity index (χ0) is 41.0. The van der Waals surface area contributed by atoms with Gasteiger partial charge in [-0.15, -0.1) is 0 Å². The smallest absolute Gasteiger partial charge is 0.346 e. The van der Waals surface area contributed by atoms with E-state index in [0.717, 1.165) is 32.1 Å². The van der Waals surface area contributed by atoms with Gasteiger partial charge in [-0.05, 0) is 104 Å². The Hall–Kier alpha value is -3.52. The maximum absolute atomic E-state index is 15.1. The maximum Gasteiger partial charge on any atom is 0.346 e. The fraction of sp³-hybridized carbons (Fsp3) is 0.636. The van der Waals surface area contributed by atoms with Gasteiger partial charge in [-0.2, -0.15) is 0 Å². The summed E-state index contributed by atoms with van der Waals surface area (Å²) in [6, 6.07) is 1.06. The number of amides is 1. The second-order valence-electron chi connectivity index (χ2n) is 17.5. The molecule has 2 bridgehead atoms. The number of rotatable bonds is 7. The van der Waals surface area contributed by atoms with Crippen LogP contribution in [0.25, 0.3) is 0 Å². The molecule has 4 aliphatic carbocycles. The van der Waals surface area contributed by atoms with Gasteiger partial charge in [0.2, 0.25) is 5.78 Å². The molecule has 2 saturated heterocycles. The molecule has 1 spiro atoms. The number of fused-ring (bicyclic) bond motifs is 4. The number of aromatic amines is 1. The van der Waals surface area contributed by atoms with Crippen molar-refractivity contribution in [1.29, 1.82) is 0 Å². The first-order valence-electron chi connectivity index (χ1n) is 20.8. The Morgan fingerprint density at radius 2 is 1.89 bits per heavy atom. The molecule has 5 N–H and O–H groups in total. The number of Topliss-reactive ketones (excluding diaryl/α,β-unsaturated/α-hetero) is 1. The molecule has 13 heteroatoms. The molecule has 3 fully saturated rings. The van der Waals surface area contributed by atoms with Gasteiger partial charge in [0.15, 0.2) is 11.9 Å². The molecule has 1 amide bonds. The van der Waals surface area contributed by atoms with Crippen LogP contribution in [0, 0.1) is 40.4 Å². The number of H-pyrrole nitrogens is 1. The summed E-state index contributed by atoms with van der Waals surface area (Å²) in [4.78, 5) is 57.6. The Morgan fingerprint density at radius 3 is 2.56 bits per heavy atom. The molecule has 1 saturated carbocycles. The van der Waals surface area contributed by atoms with E-state index in [9.17, 15) is 29.7 Å². The number of hydrogen-bond donors (Lipinski definition) is 5. The highest BCUT2D eigenvalue weighted by Gasteiger charge is 2.67. The number of aliphatic carboxylic acids is 1. The van der Waals surface area contributed by atoms with Crippen LogP contribution >= 0.6 is 15.9 Å². The van der Waals surface area contributed by atoms with Gasteiger partial charge in [0, 0.05) is 40.4 Å². The first-order valence-corrected chi connectivity index (χ1v) is 21.6. The van der Waals surface area contributed by atoms with E-state index in [0.29, 0.717) is 29.4 Å². The molecule has 13 atom stereocenters. The molecule has 12 nitrogen and oxygen atoms in total. The van der Waals surface area contributed by atoms with Gasteiger partial charge in [0.25, 0.3) is 5.91 Å². The first-order chi connectivity index (χ1) is 27.1. The maximum atomic E-state index is 15.1. The lowest BCUT2D eigenvalue weighted by molar-refractivity contribution is -0.258. The number of halogens is 1. The fourth-order valence-electron chi connectivity index (χ4n) is 11.3. The van der Waals surface area contributed by atoms with E-state index in [-0.39, 0.29) is 65.4 Å². The number of aromatic nitrogens is 1. The summed E-state index contributed by atoms with van der Waals surface area (Å²) in [5, 5.41) is 37.2. The quantitative estimate of drug-likeness (QED) is 0.106. The molecular formula is C44H57BrN2O10. The van der Waals surface area contributed by atoms with Crippen molar-refractivity contribution < 1.29 is 48.7 Å². The Kier molecular flexibility index (Phi) is 11.6. The van der Waals surface area contributed by atoms with Crippen molar-refractivity contribution in [3.8, 4) is 0 Å². The number of ketones is 1. The van der Waals surface area contributed by atoms with E-state index in [2.05, 4.69) is 45.3 Å². The van der Waals surface area contributed by atoms with Gasteiger partial charge in [0.1, 0.15) is 17.0 Å². The summed E-state index contributed by atoms with van der Waals surface area (Å²) in [6.45, 7) is 9.56. The first kappa shape index (κ1) is 41.6. The minimum absolute atomic E-state index is 0.00543. The second kappa shape index (κ2) is 15.9. The van der Waals surface area contributed by atoms with Crippen LogP contribution in [-0.4, -0.2) is 80.2 Å². The molecule has 0 radical (unpaired) electrons. The highest BCUT2D eigenvalue weighted by atomic mass is 79.9. The number of carboxylic acid groups (broad SMARTS) is 1. The predicted molar refractivity (Wildman–Crippen MR) is 214 cm³/mol. The average Bonchev–Trinajstić information content (AvgIpc) is 3.71. The van der Waals surface area contributed by atoms with Crippen molar-refractivity contribution in [3.05, 3.63) is 69.7 Å². The molecule has 6 aliphatic rings. The lowest BCUT2D eigenvalue weighted by Crippen LogP contribution is -2.58. The number of aliphatic hydroxyl groups is 2. The number of nitrogens with one attached hydrogen (secondary N) is 2. The molecular weight excluding hydrogens is 796 g/mol. The highest BCUT2D eigenvalue weighted by Crippen LogP contribution is 2.61. The van der Waals surface area contributed by atoms with Crippen LogP contribution in [-0.2, 0) is 28.6 Å². The third-order valence-electron chi connectivity index (χ3n) is 14.4. The molecule has 0 unspecified atom stereocenters. The van der Waals surface area contributed by atoms with Gasteiger partial charge in [-0.1, -0.05) is 57.6 Å². The van der Waals surface area contributed by atoms with Crippen molar-refractivity contribution in [2.24, 2.45) is 40.4 Å². The normalized spacial score (nSPS) is 41.3. The number of carboxylic acids is 1. The van der Waals surface area contributed by atoms with E-state index in [1.54, 1.807) is 32.2 Å². The van der Waals surface area contributed by atoms with Crippen LogP contribution in [0.15, 0.2) is 64.0 Å². The number of carbonyl (C=O) groups is 4. The van der Waals surface area contributed by atoms with Gasteiger partial charge < -0.3 is 39.8 Å². The van der Waals surface area contributed by atoms with Crippen molar-refractivity contribution in [1.82, 2.24) is 10.3 Å². The molecule has 3 heterocycles. The van der Waals surface area contributed by atoms with Crippen LogP contribution in [0.5, 0.6) is 0 Å². The predicted octanol–water partition coefficient (Wildman–Crippen LogP) is 7.26.